The predicted molar refractivity (Wildman–Crippen MR) is 106 cm³/mol. The second-order valence-corrected chi connectivity index (χ2v) is 6.15. The number of carbonyl (C=O) groups is 1. The minimum atomic E-state index is -0.722. The van der Waals surface area contributed by atoms with Gasteiger partial charge in [0.05, 0.1) is 29.6 Å². The Hall–Kier alpha value is -3.92. The summed E-state index contributed by atoms with van der Waals surface area (Å²) in [5.74, 6) is -0.722. The topological polar surface area (TPSA) is 94.2 Å². The van der Waals surface area contributed by atoms with Crippen LogP contribution < -0.4 is 10.3 Å². The van der Waals surface area contributed by atoms with E-state index in [0.29, 0.717) is 11.3 Å². The smallest absolute Gasteiger partial charge is 0.345 e. The second kappa shape index (κ2) is 8.85. The summed E-state index contributed by atoms with van der Waals surface area (Å²) in [4.78, 5) is 29.8. The van der Waals surface area contributed by atoms with E-state index in [9.17, 15) is 9.59 Å². The highest BCUT2D eigenvalue weighted by atomic mass is 16.5. The highest BCUT2D eigenvalue weighted by molar-refractivity contribution is 5.90. The fourth-order valence-corrected chi connectivity index (χ4v) is 2.82. The van der Waals surface area contributed by atoms with Gasteiger partial charge in [0, 0.05) is 0 Å². The molecule has 3 aromatic rings. The molecule has 0 saturated heterocycles. The molecule has 0 amide bonds. The number of hydrogen-bond donors (Lipinski definition) is 0. The summed E-state index contributed by atoms with van der Waals surface area (Å²) < 4.78 is 12.1. The molecule has 0 aliphatic carbocycles. The van der Waals surface area contributed by atoms with E-state index in [2.05, 4.69) is 11.1 Å². The van der Waals surface area contributed by atoms with Gasteiger partial charge in [-0.05, 0) is 43.7 Å². The van der Waals surface area contributed by atoms with Crippen LogP contribution in [0.2, 0.25) is 0 Å². The number of aromatic nitrogens is 2. The molecule has 0 N–H and O–H groups in total. The molecule has 2 aromatic carbocycles. The van der Waals surface area contributed by atoms with Crippen molar-refractivity contribution in [3.05, 3.63) is 87.3 Å². The summed E-state index contributed by atoms with van der Waals surface area (Å²) in [5, 5.41) is 9.05. The molecule has 0 radical (unpaired) electrons. The zero-order chi connectivity index (χ0) is 20.8. The fraction of sp³-hybridized carbons (Fsp3) is 0.182. The summed E-state index contributed by atoms with van der Waals surface area (Å²) >= 11 is 0. The molecule has 0 bridgehead atoms. The average molecular weight is 389 g/mol. The monoisotopic (exact) mass is 389 g/mol. The maximum Gasteiger partial charge on any atom is 0.345 e. The number of para-hydroxylation sites is 1. The molecule has 29 heavy (non-hydrogen) atoms. The number of benzene rings is 2. The Kier molecular flexibility index (Phi) is 6.05. The lowest BCUT2D eigenvalue weighted by Gasteiger charge is -2.15. The molecule has 0 aliphatic rings. The molecule has 0 unspecified atom stereocenters. The number of rotatable bonds is 6. The molecule has 0 fully saturated rings. The standard InChI is InChI=1S/C22H19N3O4/c1-3-28-21(27)19-15(2)24-22(25(20(19)26)18-10-5-4-6-11-18)29-14-17-9-7-8-16(12-17)13-23/h4-12H,3,14H2,1-2H3. The van der Waals surface area contributed by atoms with Crippen LogP contribution in [0.3, 0.4) is 0 Å². The lowest BCUT2D eigenvalue weighted by atomic mass is 10.1. The highest BCUT2D eigenvalue weighted by Gasteiger charge is 2.23. The van der Waals surface area contributed by atoms with Gasteiger partial charge in [-0.25, -0.2) is 14.3 Å². The molecule has 3 rings (SSSR count). The molecular weight excluding hydrogens is 370 g/mol. The first kappa shape index (κ1) is 19.8. The summed E-state index contributed by atoms with van der Waals surface area (Å²) in [6.45, 7) is 3.49. The minimum absolute atomic E-state index is 0.0501. The Labute approximate surface area is 167 Å². The van der Waals surface area contributed by atoms with E-state index < -0.39 is 11.5 Å². The quantitative estimate of drug-likeness (QED) is 0.601. The summed E-state index contributed by atoms with van der Waals surface area (Å²) in [7, 11) is 0. The van der Waals surface area contributed by atoms with Gasteiger partial charge in [-0.3, -0.25) is 4.79 Å². The number of hydrogen-bond acceptors (Lipinski definition) is 6. The number of nitriles is 1. The summed E-state index contributed by atoms with van der Waals surface area (Å²) in [6, 6.07) is 17.9. The number of nitrogens with zero attached hydrogens (tertiary/aromatic N) is 3. The number of carbonyl (C=O) groups excluding carboxylic acids is 1. The summed E-state index contributed by atoms with van der Waals surface area (Å²) in [5.41, 5.74) is 1.30. The van der Waals surface area contributed by atoms with Crippen molar-refractivity contribution in [2.24, 2.45) is 0 Å². The van der Waals surface area contributed by atoms with Crippen molar-refractivity contribution >= 4 is 5.97 Å². The van der Waals surface area contributed by atoms with Crippen molar-refractivity contribution in [3.8, 4) is 17.8 Å². The van der Waals surface area contributed by atoms with Gasteiger partial charge in [0.15, 0.2) is 0 Å². The number of ether oxygens (including phenoxy) is 2. The van der Waals surface area contributed by atoms with E-state index in [1.54, 1.807) is 56.3 Å². The normalized spacial score (nSPS) is 10.2. The van der Waals surface area contributed by atoms with Crippen LogP contribution in [0.25, 0.3) is 5.69 Å². The van der Waals surface area contributed by atoms with E-state index in [1.165, 1.54) is 4.57 Å². The second-order valence-electron chi connectivity index (χ2n) is 6.15. The van der Waals surface area contributed by atoms with Crippen LogP contribution in [-0.4, -0.2) is 22.1 Å². The first-order valence-electron chi connectivity index (χ1n) is 9.03. The van der Waals surface area contributed by atoms with Crippen LogP contribution in [0.15, 0.2) is 59.4 Å². The van der Waals surface area contributed by atoms with Gasteiger partial charge in [-0.2, -0.15) is 5.26 Å². The van der Waals surface area contributed by atoms with Crippen molar-refractivity contribution < 1.29 is 14.3 Å². The first-order chi connectivity index (χ1) is 14.0. The van der Waals surface area contributed by atoms with Gasteiger partial charge < -0.3 is 9.47 Å². The van der Waals surface area contributed by atoms with Crippen LogP contribution in [-0.2, 0) is 11.3 Å². The maximum absolute atomic E-state index is 13.1. The Morgan fingerprint density at radius 2 is 1.93 bits per heavy atom. The highest BCUT2D eigenvalue weighted by Crippen LogP contribution is 2.18. The van der Waals surface area contributed by atoms with Gasteiger partial charge >= 0.3 is 12.0 Å². The lowest BCUT2D eigenvalue weighted by molar-refractivity contribution is 0.0522. The van der Waals surface area contributed by atoms with Crippen molar-refractivity contribution in [1.29, 1.82) is 5.26 Å². The van der Waals surface area contributed by atoms with E-state index in [4.69, 9.17) is 14.7 Å². The lowest BCUT2D eigenvalue weighted by Crippen LogP contribution is -2.30. The average Bonchev–Trinajstić information content (AvgIpc) is 2.73. The van der Waals surface area contributed by atoms with Crippen molar-refractivity contribution in [1.82, 2.24) is 9.55 Å². The van der Waals surface area contributed by atoms with Crippen molar-refractivity contribution in [3.63, 3.8) is 0 Å². The molecule has 1 aromatic heterocycles. The van der Waals surface area contributed by atoms with E-state index in [0.717, 1.165) is 5.56 Å². The van der Waals surface area contributed by atoms with Gasteiger partial charge in [-0.1, -0.05) is 30.3 Å². The predicted octanol–water partition coefficient (Wildman–Crippen LogP) is 3.17. The Morgan fingerprint density at radius 1 is 1.17 bits per heavy atom. The molecule has 0 saturated carbocycles. The molecule has 1 heterocycles. The minimum Gasteiger partial charge on any atom is -0.462 e. The third-order valence-corrected chi connectivity index (χ3v) is 4.15. The van der Waals surface area contributed by atoms with Gasteiger partial charge in [0.2, 0.25) is 0 Å². The van der Waals surface area contributed by atoms with Crippen molar-refractivity contribution in [2.75, 3.05) is 6.61 Å². The SMILES string of the molecule is CCOC(=O)c1c(C)nc(OCc2cccc(C#N)c2)n(-c2ccccc2)c1=O. The first-order valence-corrected chi connectivity index (χ1v) is 9.03. The van der Waals surface area contributed by atoms with Crippen LogP contribution >= 0.6 is 0 Å². The largest absolute Gasteiger partial charge is 0.462 e. The van der Waals surface area contributed by atoms with Gasteiger partial charge in [-0.15, -0.1) is 0 Å². The van der Waals surface area contributed by atoms with Crippen molar-refractivity contribution in [2.45, 2.75) is 20.5 Å². The zero-order valence-corrected chi connectivity index (χ0v) is 16.1. The van der Waals surface area contributed by atoms with E-state index in [-0.39, 0.29) is 30.5 Å². The Balaban J connectivity index is 2.07. The molecule has 7 nitrogen and oxygen atoms in total. The molecule has 7 heteroatoms. The van der Waals surface area contributed by atoms with Crippen LogP contribution in [0.4, 0.5) is 0 Å². The number of esters is 1. The van der Waals surface area contributed by atoms with Crippen LogP contribution in [0.5, 0.6) is 6.01 Å². The fourth-order valence-electron chi connectivity index (χ4n) is 2.82. The third-order valence-electron chi connectivity index (χ3n) is 4.15. The third kappa shape index (κ3) is 4.33. The van der Waals surface area contributed by atoms with E-state index in [1.807, 2.05) is 12.1 Å². The van der Waals surface area contributed by atoms with Crippen LogP contribution in [0, 0.1) is 18.3 Å². The molecule has 0 atom stereocenters. The van der Waals surface area contributed by atoms with Gasteiger partial charge in [0.1, 0.15) is 12.2 Å². The van der Waals surface area contributed by atoms with Gasteiger partial charge in [0.25, 0.3) is 5.56 Å². The Bertz CT molecular complexity index is 1130. The maximum atomic E-state index is 13.1. The Morgan fingerprint density at radius 3 is 2.62 bits per heavy atom. The van der Waals surface area contributed by atoms with Crippen LogP contribution in [0.1, 0.15) is 34.1 Å². The zero-order valence-electron chi connectivity index (χ0n) is 16.1. The molecule has 0 aliphatic heterocycles. The number of aryl methyl sites for hydroxylation is 1. The summed E-state index contributed by atoms with van der Waals surface area (Å²) in [6.07, 6.45) is 0. The molecule has 146 valence electrons. The van der Waals surface area contributed by atoms with E-state index >= 15 is 0 Å². The molecule has 0 spiro atoms. The molecular formula is C22H19N3O4.